The van der Waals surface area contributed by atoms with Gasteiger partial charge in [0.1, 0.15) is 5.75 Å². The molecule has 1 aromatic heterocycles. The van der Waals surface area contributed by atoms with Crippen molar-refractivity contribution in [1.29, 1.82) is 0 Å². The van der Waals surface area contributed by atoms with Gasteiger partial charge < -0.3 is 5.11 Å². The largest absolute Gasteiger partial charge is 0.507 e. The second-order valence-corrected chi connectivity index (χ2v) is 4.51. The van der Waals surface area contributed by atoms with E-state index in [-0.39, 0.29) is 5.75 Å². The van der Waals surface area contributed by atoms with E-state index in [1.165, 1.54) is 5.56 Å². The van der Waals surface area contributed by atoms with E-state index in [9.17, 15) is 5.11 Å². The predicted molar refractivity (Wildman–Crippen MR) is 72.6 cm³/mol. The Bertz CT molecular complexity index is 711. The lowest BCUT2D eigenvalue weighted by Gasteiger charge is -2.04. The topological polar surface area (TPSA) is 38.1 Å². The number of aromatic nitrogens is 2. The standard InChI is InChI=1S/C15H14N2O/c1-10-6-8-11(9-7-10)15-14-12(16-17(15)2)4-3-5-13(14)18/h3-9,18H,1-2H3. The van der Waals surface area contributed by atoms with E-state index < -0.39 is 0 Å². The van der Waals surface area contributed by atoms with Gasteiger partial charge in [-0.2, -0.15) is 5.10 Å². The number of phenols is 1. The van der Waals surface area contributed by atoms with Crippen LogP contribution >= 0.6 is 0 Å². The Labute approximate surface area is 105 Å². The summed E-state index contributed by atoms with van der Waals surface area (Å²) < 4.78 is 1.81. The van der Waals surface area contributed by atoms with E-state index in [0.29, 0.717) is 0 Å². The van der Waals surface area contributed by atoms with Crippen LogP contribution in [0, 0.1) is 6.92 Å². The molecule has 0 saturated carbocycles. The Kier molecular flexibility index (Phi) is 2.33. The molecule has 18 heavy (non-hydrogen) atoms. The summed E-state index contributed by atoms with van der Waals surface area (Å²) in [6.45, 7) is 2.06. The summed E-state index contributed by atoms with van der Waals surface area (Å²) in [5.74, 6) is 0.274. The number of phenolic OH excluding ortho intramolecular Hbond substituents is 1. The molecular weight excluding hydrogens is 224 g/mol. The zero-order valence-corrected chi connectivity index (χ0v) is 10.4. The van der Waals surface area contributed by atoms with Crippen LogP contribution < -0.4 is 0 Å². The van der Waals surface area contributed by atoms with Gasteiger partial charge in [-0.25, -0.2) is 0 Å². The molecule has 90 valence electrons. The Hall–Kier alpha value is -2.29. The second-order valence-electron chi connectivity index (χ2n) is 4.51. The number of aromatic hydroxyl groups is 1. The van der Waals surface area contributed by atoms with Gasteiger partial charge >= 0.3 is 0 Å². The van der Waals surface area contributed by atoms with Crippen LogP contribution in [0.1, 0.15) is 5.56 Å². The van der Waals surface area contributed by atoms with Gasteiger partial charge in [0.05, 0.1) is 16.6 Å². The number of fused-ring (bicyclic) bond motifs is 1. The third kappa shape index (κ3) is 1.56. The van der Waals surface area contributed by atoms with E-state index in [2.05, 4.69) is 36.3 Å². The first-order valence-corrected chi connectivity index (χ1v) is 5.88. The number of hydrogen-bond acceptors (Lipinski definition) is 2. The number of aryl methyl sites for hydroxylation is 2. The van der Waals surface area contributed by atoms with Gasteiger partial charge in [-0.3, -0.25) is 4.68 Å². The lowest BCUT2D eigenvalue weighted by atomic mass is 10.1. The van der Waals surface area contributed by atoms with E-state index in [4.69, 9.17) is 0 Å². The molecule has 3 rings (SSSR count). The monoisotopic (exact) mass is 238 g/mol. The van der Waals surface area contributed by atoms with Gasteiger partial charge in [0.2, 0.25) is 0 Å². The van der Waals surface area contributed by atoms with Crippen molar-refractivity contribution >= 4 is 10.9 Å². The fraction of sp³-hybridized carbons (Fsp3) is 0.133. The highest BCUT2D eigenvalue weighted by molar-refractivity contribution is 5.97. The molecule has 0 atom stereocenters. The molecule has 3 aromatic rings. The third-order valence-electron chi connectivity index (χ3n) is 3.16. The first kappa shape index (κ1) is 10.8. The SMILES string of the molecule is Cc1ccc(-c2c3c(O)cccc3nn2C)cc1. The lowest BCUT2D eigenvalue weighted by molar-refractivity contribution is 0.482. The maximum Gasteiger partial charge on any atom is 0.127 e. The summed E-state index contributed by atoms with van der Waals surface area (Å²) in [5.41, 5.74) is 4.04. The first-order valence-electron chi connectivity index (χ1n) is 5.88. The van der Waals surface area contributed by atoms with Crippen LogP contribution in [0.4, 0.5) is 0 Å². The molecule has 0 spiro atoms. The van der Waals surface area contributed by atoms with Crippen LogP contribution in [0.25, 0.3) is 22.2 Å². The van der Waals surface area contributed by atoms with Crippen molar-refractivity contribution in [2.45, 2.75) is 6.92 Å². The molecule has 0 aliphatic rings. The van der Waals surface area contributed by atoms with Crippen LogP contribution in [-0.4, -0.2) is 14.9 Å². The maximum atomic E-state index is 10.0. The van der Waals surface area contributed by atoms with Crippen LogP contribution in [0.15, 0.2) is 42.5 Å². The van der Waals surface area contributed by atoms with Crippen LogP contribution in [0.2, 0.25) is 0 Å². The molecule has 3 nitrogen and oxygen atoms in total. The van der Waals surface area contributed by atoms with E-state index >= 15 is 0 Å². The molecule has 0 unspecified atom stereocenters. The Morgan fingerprint density at radius 2 is 1.78 bits per heavy atom. The average Bonchev–Trinajstić information content (AvgIpc) is 2.68. The molecule has 1 N–H and O–H groups in total. The summed E-state index contributed by atoms with van der Waals surface area (Å²) in [6.07, 6.45) is 0. The molecule has 0 aliphatic heterocycles. The summed E-state index contributed by atoms with van der Waals surface area (Å²) in [4.78, 5) is 0. The zero-order chi connectivity index (χ0) is 12.7. The van der Waals surface area contributed by atoms with Gasteiger partial charge in [-0.05, 0) is 19.1 Å². The quantitative estimate of drug-likeness (QED) is 0.706. The minimum Gasteiger partial charge on any atom is -0.507 e. The normalized spacial score (nSPS) is 11.0. The Morgan fingerprint density at radius 1 is 1.06 bits per heavy atom. The van der Waals surface area contributed by atoms with Crippen molar-refractivity contribution < 1.29 is 5.11 Å². The second kappa shape index (κ2) is 3.88. The molecule has 0 bridgehead atoms. The van der Waals surface area contributed by atoms with Crippen molar-refractivity contribution in [3.8, 4) is 17.0 Å². The first-order chi connectivity index (χ1) is 8.66. The summed E-state index contributed by atoms with van der Waals surface area (Å²) in [6, 6.07) is 13.6. The average molecular weight is 238 g/mol. The van der Waals surface area contributed by atoms with Gasteiger partial charge in [0, 0.05) is 12.6 Å². The van der Waals surface area contributed by atoms with Gasteiger partial charge in [0.15, 0.2) is 0 Å². The van der Waals surface area contributed by atoms with Crippen LogP contribution in [0.3, 0.4) is 0 Å². The summed E-state index contributed by atoms with van der Waals surface area (Å²) >= 11 is 0. The predicted octanol–water partition coefficient (Wildman–Crippen LogP) is 3.25. The van der Waals surface area contributed by atoms with Crippen molar-refractivity contribution in [1.82, 2.24) is 9.78 Å². The summed E-state index contributed by atoms with van der Waals surface area (Å²) in [7, 11) is 1.90. The fourth-order valence-electron chi connectivity index (χ4n) is 2.27. The van der Waals surface area contributed by atoms with E-state index in [1.807, 2.05) is 23.9 Å². The van der Waals surface area contributed by atoms with Crippen molar-refractivity contribution in [2.24, 2.45) is 7.05 Å². The van der Waals surface area contributed by atoms with Gasteiger partial charge in [0.25, 0.3) is 0 Å². The molecule has 0 amide bonds. The molecule has 0 fully saturated rings. The number of benzene rings is 2. The molecule has 2 aromatic carbocycles. The Morgan fingerprint density at radius 3 is 2.50 bits per heavy atom. The molecule has 0 radical (unpaired) electrons. The van der Waals surface area contributed by atoms with E-state index in [0.717, 1.165) is 22.2 Å². The number of nitrogens with zero attached hydrogens (tertiary/aromatic N) is 2. The summed E-state index contributed by atoms with van der Waals surface area (Å²) in [5, 5.41) is 15.3. The highest BCUT2D eigenvalue weighted by atomic mass is 16.3. The molecular formula is C15H14N2O. The van der Waals surface area contributed by atoms with Crippen molar-refractivity contribution in [2.75, 3.05) is 0 Å². The highest BCUT2D eigenvalue weighted by Crippen LogP contribution is 2.34. The van der Waals surface area contributed by atoms with Crippen LogP contribution in [0.5, 0.6) is 5.75 Å². The third-order valence-corrected chi connectivity index (χ3v) is 3.16. The van der Waals surface area contributed by atoms with Crippen molar-refractivity contribution in [3.05, 3.63) is 48.0 Å². The maximum absolute atomic E-state index is 10.0. The number of rotatable bonds is 1. The highest BCUT2D eigenvalue weighted by Gasteiger charge is 2.13. The fourth-order valence-corrected chi connectivity index (χ4v) is 2.27. The molecule has 0 saturated heterocycles. The minimum absolute atomic E-state index is 0.274. The van der Waals surface area contributed by atoms with Gasteiger partial charge in [-0.15, -0.1) is 0 Å². The smallest absolute Gasteiger partial charge is 0.127 e. The lowest BCUT2D eigenvalue weighted by Crippen LogP contribution is -1.93. The van der Waals surface area contributed by atoms with Crippen molar-refractivity contribution in [3.63, 3.8) is 0 Å². The molecule has 3 heteroatoms. The molecule has 0 aliphatic carbocycles. The van der Waals surface area contributed by atoms with Crippen LogP contribution in [-0.2, 0) is 7.05 Å². The van der Waals surface area contributed by atoms with E-state index in [1.54, 1.807) is 6.07 Å². The van der Waals surface area contributed by atoms with Gasteiger partial charge in [-0.1, -0.05) is 35.9 Å². The Balaban J connectivity index is 2.34. The number of hydrogen-bond donors (Lipinski definition) is 1. The minimum atomic E-state index is 0.274. The zero-order valence-electron chi connectivity index (χ0n) is 10.4. The molecule has 1 heterocycles.